The van der Waals surface area contributed by atoms with Crippen LogP contribution in [0.5, 0.6) is 0 Å². The van der Waals surface area contributed by atoms with Crippen LogP contribution in [0.25, 0.3) is 0 Å². The zero-order valence-corrected chi connectivity index (χ0v) is 12.1. The average Bonchev–Trinajstić information content (AvgIpc) is 2.39. The van der Waals surface area contributed by atoms with E-state index in [0.717, 1.165) is 44.2 Å². The minimum atomic E-state index is 0.571. The van der Waals surface area contributed by atoms with Crippen LogP contribution in [0.4, 0.5) is 11.6 Å². The first-order valence-corrected chi connectivity index (χ1v) is 6.80. The fraction of sp³-hybridized carbons (Fsp3) is 0.692. The zero-order chi connectivity index (χ0) is 13.7. The molecule has 0 amide bonds. The summed E-state index contributed by atoms with van der Waals surface area (Å²) in [5.41, 5.74) is 0. The summed E-state index contributed by atoms with van der Waals surface area (Å²) < 4.78 is 0. The first kappa shape index (κ1) is 14.0. The molecule has 6 nitrogen and oxygen atoms in total. The van der Waals surface area contributed by atoms with Crippen molar-refractivity contribution in [3.63, 3.8) is 0 Å². The van der Waals surface area contributed by atoms with E-state index in [-0.39, 0.29) is 0 Å². The normalized spacial score (nSPS) is 20.3. The van der Waals surface area contributed by atoms with Crippen molar-refractivity contribution in [3.8, 4) is 0 Å². The molecular formula is C13H24N6. The molecule has 2 rings (SSSR count). The molecule has 19 heavy (non-hydrogen) atoms. The number of nitrogens with one attached hydrogen (secondary N) is 2. The molecule has 1 atom stereocenters. The lowest BCUT2D eigenvalue weighted by Crippen LogP contribution is -2.49. The number of piperazine rings is 1. The van der Waals surface area contributed by atoms with Crippen molar-refractivity contribution in [1.82, 2.24) is 20.2 Å². The number of hydrogen-bond acceptors (Lipinski definition) is 6. The highest BCUT2D eigenvalue weighted by Gasteiger charge is 2.15. The number of rotatable bonds is 5. The molecule has 0 saturated carbocycles. The molecule has 0 bridgehead atoms. The molecule has 2 heterocycles. The van der Waals surface area contributed by atoms with Gasteiger partial charge in [0.05, 0.1) is 0 Å². The van der Waals surface area contributed by atoms with Crippen LogP contribution in [0.3, 0.4) is 0 Å². The lowest BCUT2D eigenvalue weighted by atomic mass is 10.1. The van der Waals surface area contributed by atoms with Crippen molar-refractivity contribution >= 4 is 11.6 Å². The number of nitrogens with zero attached hydrogens (tertiary/aromatic N) is 4. The van der Waals surface area contributed by atoms with E-state index in [0.29, 0.717) is 6.04 Å². The Labute approximate surface area is 115 Å². The molecule has 1 aliphatic rings. The molecule has 0 aliphatic carbocycles. The van der Waals surface area contributed by atoms with E-state index in [1.807, 2.05) is 25.1 Å². The highest BCUT2D eigenvalue weighted by Crippen LogP contribution is 2.11. The molecule has 1 aromatic heterocycles. The second kappa shape index (κ2) is 6.68. The summed E-state index contributed by atoms with van der Waals surface area (Å²) in [4.78, 5) is 12.8. The van der Waals surface area contributed by atoms with Gasteiger partial charge >= 0.3 is 0 Å². The fourth-order valence-corrected chi connectivity index (χ4v) is 2.25. The van der Waals surface area contributed by atoms with Gasteiger partial charge in [-0.05, 0) is 13.5 Å². The van der Waals surface area contributed by atoms with Crippen LogP contribution in [-0.2, 0) is 0 Å². The lowest BCUT2D eigenvalue weighted by molar-refractivity contribution is 0.234. The van der Waals surface area contributed by atoms with Crippen molar-refractivity contribution < 1.29 is 0 Å². The van der Waals surface area contributed by atoms with Crippen molar-refractivity contribution in [2.45, 2.75) is 12.5 Å². The SMILES string of the molecule is CN1CCNC(CCNc2cc(N(C)C)ncn2)C1. The Morgan fingerprint density at radius 2 is 2.32 bits per heavy atom. The van der Waals surface area contributed by atoms with Crippen molar-refractivity contribution in [2.24, 2.45) is 0 Å². The van der Waals surface area contributed by atoms with E-state index >= 15 is 0 Å². The Hall–Kier alpha value is -1.40. The minimum absolute atomic E-state index is 0.571. The molecule has 0 radical (unpaired) electrons. The van der Waals surface area contributed by atoms with Crippen molar-refractivity contribution in [1.29, 1.82) is 0 Å². The summed E-state index contributed by atoms with van der Waals surface area (Å²) in [5, 5.41) is 6.91. The summed E-state index contributed by atoms with van der Waals surface area (Å²) in [5.74, 6) is 1.82. The van der Waals surface area contributed by atoms with E-state index in [4.69, 9.17) is 0 Å². The van der Waals surface area contributed by atoms with Gasteiger partial charge in [0.1, 0.15) is 18.0 Å². The van der Waals surface area contributed by atoms with Gasteiger partial charge in [-0.2, -0.15) is 0 Å². The molecule has 2 N–H and O–H groups in total. The van der Waals surface area contributed by atoms with Gasteiger partial charge in [-0.15, -0.1) is 0 Å². The number of anilines is 2. The first-order valence-electron chi connectivity index (χ1n) is 6.80. The van der Waals surface area contributed by atoms with Crippen LogP contribution in [0.15, 0.2) is 12.4 Å². The molecule has 106 valence electrons. The zero-order valence-electron chi connectivity index (χ0n) is 12.1. The molecule has 1 aliphatic heterocycles. The van der Waals surface area contributed by atoms with Crippen LogP contribution >= 0.6 is 0 Å². The smallest absolute Gasteiger partial charge is 0.133 e. The first-order chi connectivity index (χ1) is 9.15. The molecule has 6 heteroatoms. The largest absolute Gasteiger partial charge is 0.370 e. The molecular weight excluding hydrogens is 240 g/mol. The maximum absolute atomic E-state index is 4.24. The summed E-state index contributed by atoms with van der Waals surface area (Å²) >= 11 is 0. The topological polar surface area (TPSA) is 56.3 Å². The Morgan fingerprint density at radius 1 is 1.47 bits per heavy atom. The third-order valence-electron chi connectivity index (χ3n) is 3.37. The van der Waals surface area contributed by atoms with Gasteiger partial charge in [0.15, 0.2) is 0 Å². The van der Waals surface area contributed by atoms with E-state index in [2.05, 4.69) is 32.5 Å². The minimum Gasteiger partial charge on any atom is -0.370 e. The van der Waals surface area contributed by atoms with Crippen LogP contribution < -0.4 is 15.5 Å². The quantitative estimate of drug-likeness (QED) is 0.795. The van der Waals surface area contributed by atoms with Gasteiger partial charge in [-0.1, -0.05) is 0 Å². The standard InChI is InChI=1S/C13H24N6/c1-18(2)13-8-12(16-10-17-13)15-5-4-11-9-19(3)7-6-14-11/h8,10-11,14H,4-7,9H2,1-3H3,(H,15,16,17). The summed E-state index contributed by atoms with van der Waals surface area (Å²) in [6.07, 6.45) is 2.70. The molecule has 1 unspecified atom stereocenters. The fourth-order valence-electron chi connectivity index (χ4n) is 2.25. The predicted octanol–water partition coefficient (Wildman–Crippen LogP) is 0.248. The number of hydrogen-bond donors (Lipinski definition) is 2. The predicted molar refractivity (Wildman–Crippen MR) is 78.8 cm³/mol. The van der Waals surface area contributed by atoms with E-state index in [1.54, 1.807) is 6.33 Å². The Morgan fingerprint density at radius 3 is 3.05 bits per heavy atom. The average molecular weight is 264 g/mol. The van der Waals surface area contributed by atoms with Gasteiger partial charge in [-0.3, -0.25) is 0 Å². The van der Waals surface area contributed by atoms with Gasteiger partial charge in [0, 0.05) is 52.4 Å². The number of aromatic nitrogens is 2. The molecule has 1 saturated heterocycles. The second-order valence-corrected chi connectivity index (χ2v) is 5.28. The van der Waals surface area contributed by atoms with Gasteiger partial charge in [0.25, 0.3) is 0 Å². The van der Waals surface area contributed by atoms with Gasteiger partial charge < -0.3 is 20.4 Å². The van der Waals surface area contributed by atoms with Crippen LogP contribution in [0, 0.1) is 0 Å². The molecule has 1 fully saturated rings. The van der Waals surface area contributed by atoms with Crippen molar-refractivity contribution in [2.75, 3.05) is 57.5 Å². The Balaban J connectivity index is 1.77. The van der Waals surface area contributed by atoms with Gasteiger partial charge in [0.2, 0.25) is 0 Å². The maximum Gasteiger partial charge on any atom is 0.133 e. The third kappa shape index (κ3) is 4.33. The molecule has 0 aromatic carbocycles. The van der Waals surface area contributed by atoms with Gasteiger partial charge in [-0.25, -0.2) is 9.97 Å². The monoisotopic (exact) mass is 264 g/mol. The lowest BCUT2D eigenvalue weighted by Gasteiger charge is -2.30. The Kier molecular flexibility index (Phi) is 4.93. The maximum atomic E-state index is 4.24. The highest BCUT2D eigenvalue weighted by molar-refractivity contribution is 5.47. The summed E-state index contributed by atoms with van der Waals surface area (Å²) in [6.45, 7) is 4.27. The van der Waals surface area contributed by atoms with Crippen molar-refractivity contribution in [3.05, 3.63) is 12.4 Å². The Bertz CT molecular complexity index is 394. The van der Waals surface area contributed by atoms with Crippen LogP contribution in [-0.4, -0.2) is 68.2 Å². The van der Waals surface area contributed by atoms with Crippen LogP contribution in [0.2, 0.25) is 0 Å². The van der Waals surface area contributed by atoms with E-state index in [1.165, 1.54) is 0 Å². The summed E-state index contributed by atoms with van der Waals surface area (Å²) in [7, 11) is 6.14. The molecule has 0 spiro atoms. The number of likely N-dealkylation sites (N-methyl/N-ethyl adjacent to an activating group) is 1. The second-order valence-electron chi connectivity index (χ2n) is 5.28. The van der Waals surface area contributed by atoms with E-state index < -0.39 is 0 Å². The third-order valence-corrected chi connectivity index (χ3v) is 3.37. The van der Waals surface area contributed by atoms with E-state index in [9.17, 15) is 0 Å². The molecule has 1 aromatic rings. The van der Waals surface area contributed by atoms with Crippen LogP contribution in [0.1, 0.15) is 6.42 Å². The summed E-state index contributed by atoms with van der Waals surface area (Å²) in [6, 6.07) is 2.54. The highest BCUT2D eigenvalue weighted by atomic mass is 15.2.